The summed E-state index contributed by atoms with van der Waals surface area (Å²) in [5.41, 5.74) is 3.25. The van der Waals surface area contributed by atoms with Gasteiger partial charge in [0.05, 0.1) is 5.25 Å². The Balaban J connectivity index is 1.65. The third-order valence-electron chi connectivity index (χ3n) is 4.21. The normalized spacial score (nSPS) is 12.0. The van der Waals surface area contributed by atoms with E-state index >= 15 is 0 Å². The molecule has 0 spiro atoms. The molecule has 7 heteroatoms. The number of hydrogen-bond acceptors (Lipinski definition) is 5. The summed E-state index contributed by atoms with van der Waals surface area (Å²) in [6.07, 6.45) is 3.47. The number of rotatable bonds is 7. The van der Waals surface area contributed by atoms with Gasteiger partial charge in [0.2, 0.25) is 5.91 Å². The Labute approximate surface area is 163 Å². The lowest BCUT2D eigenvalue weighted by Crippen LogP contribution is -2.30. The maximum absolute atomic E-state index is 12.5. The molecule has 0 aliphatic heterocycles. The molecule has 0 aliphatic carbocycles. The Bertz CT molecular complexity index is 892. The zero-order chi connectivity index (χ0) is 19.2. The van der Waals surface area contributed by atoms with Gasteiger partial charge in [0.1, 0.15) is 0 Å². The van der Waals surface area contributed by atoms with E-state index in [0.29, 0.717) is 6.54 Å². The van der Waals surface area contributed by atoms with Gasteiger partial charge in [-0.2, -0.15) is 0 Å². The molecule has 1 N–H and O–H groups in total. The van der Waals surface area contributed by atoms with Crippen molar-refractivity contribution < 1.29 is 4.79 Å². The van der Waals surface area contributed by atoms with Crippen LogP contribution >= 0.6 is 11.8 Å². The van der Waals surface area contributed by atoms with Gasteiger partial charge in [0.25, 0.3) is 0 Å². The Morgan fingerprint density at radius 3 is 2.52 bits per heavy atom. The molecule has 0 saturated heterocycles. The fraction of sp³-hybridized carbons (Fsp3) is 0.300. The first kappa shape index (κ1) is 19.1. The number of benzene rings is 1. The highest BCUT2D eigenvalue weighted by Crippen LogP contribution is 2.26. The minimum absolute atomic E-state index is 0.0170. The second-order valence-electron chi connectivity index (χ2n) is 6.25. The van der Waals surface area contributed by atoms with E-state index in [1.807, 2.05) is 61.7 Å². The van der Waals surface area contributed by atoms with Crippen LogP contribution in [-0.2, 0) is 17.9 Å². The van der Waals surface area contributed by atoms with Crippen molar-refractivity contribution in [2.75, 3.05) is 0 Å². The second-order valence-corrected chi connectivity index (χ2v) is 7.56. The van der Waals surface area contributed by atoms with E-state index in [-0.39, 0.29) is 11.2 Å². The molecule has 0 bridgehead atoms. The minimum atomic E-state index is -0.268. The number of thioether (sulfide) groups is 1. The largest absolute Gasteiger partial charge is 0.351 e. The van der Waals surface area contributed by atoms with E-state index in [1.165, 1.54) is 17.3 Å². The first-order valence-corrected chi connectivity index (χ1v) is 9.80. The Morgan fingerprint density at radius 1 is 1.15 bits per heavy atom. The fourth-order valence-corrected chi connectivity index (χ4v) is 3.56. The van der Waals surface area contributed by atoms with Crippen LogP contribution in [0.5, 0.6) is 0 Å². The van der Waals surface area contributed by atoms with Crippen LogP contribution in [0.2, 0.25) is 0 Å². The fourth-order valence-electron chi connectivity index (χ4n) is 2.63. The molecule has 140 valence electrons. The van der Waals surface area contributed by atoms with Crippen LogP contribution in [0.15, 0.2) is 53.9 Å². The molecule has 1 aromatic carbocycles. The summed E-state index contributed by atoms with van der Waals surface area (Å²) in [6.45, 7) is 7.22. The van der Waals surface area contributed by atoms with Crippen LogP contribution in [-0.4, -0.2) is 30.9 Å². The summed E-state index contributed by atoms with van der Waals surface area (Å²) >= 11 is 1.42. The van der Waals surface area contributed by atoms with Gasteiger partial charge in [0, 0.05) is 31.0 Å². The number of hydrogen-bond donors (Lipinski definition) is 1. The summed E-state index contributed by atoms with van der Waals surface area (Å²) < 4.78 is 2.02. The molecule has 6 nitrogen and oxygen atoms in total. The third kappa shape index (κ3) is 4.74. The van der Waals surface area contributed by atoms with E-state index in [1.54, 1.807) is 12.4 Å². The van der Waals surface area contributed by atoms with Crippen molar-refractivity contribution in [1.82, 2.24) is 25.1 Å². The monoisotopic (exact) mass is 381 g/mol. The van der Waals surface area contributed by atoms with Crippen LogP contribution in [0.3, 0.4) is 0 Å². The summed E-state index contributed by atoms with van der Waals surface area (Å²) in [4.78, 5) is 16.5. The van der Waals surface area contributed by atoms with Gasteiger partial charge in [0.15, 0.2) is 11.0 Å². The van der Waals surface area contributed by atoms with Crippen LogP contribution in [0.25, 0.3) is 11.4 Å². The van der Waals surface area contributed by atoms with Gasteiger partial charge in [-0.15, -0.1) is 10.2 Å². The van der Waals surface area contributed by atoms with Crippen molar-refractivity contribution in [1.29, 1.82) is 0 Å². The van der Waals surface area contributed by atoms with Crippen LogP contribution in [0, 0.1) is 6.92 Å². The molecule has 0 fully saturated rings. The number of nitrogens with zero attached hydrogens (tertiary/aromatic N) is 4. The Hall–Kier alpha value is -2.67. The average Bonchev–Trinajstić information content (AvgIpc) is 3.10. The van der Waals surface area contributed by atoms with Crippen LogP contribution in [0.1, 0.15) is 25.0 Å². The number of carbonyl (C=O) groups excluding carboxylic acids is 1. The van der Waals surface area contributed by atoms with Crippen molar-refractivity contribution in [3.05, 3.63) is 59.9 Å². The lowest BCUT2D eigenvalue weighted by molar-refractivity contribution is -0.120. The first-order chi connectivity index (χ1) is 13.1. The van der Waals surface area contributed by atoms with E-state index in [4.69, 9.17) is 0 Å². The van der Waals surface area contributed by atoms with Gasteiger partial charge < -0.3 is 9.88 Å². The molecule has 0 radical (unpaired) electrons. The van der Waals surface area contributed by atoms with E-state index in [0.717, 1.165) is 28.7 Å². The number of carbonyl (C=O) groups is 1. The maximum atomic E-state index is 12.5. The molecule has 1 amide bonds. The SMILES string of the molecule is CCn1c(SC(C)C(=O)NCc2ccc(C)cc2)nnc1-c1ccncc1. The molecule has 0 saturated carbocycles. The third-order valence-corrected chi connectivity index (χ3v) is 5.29. The zero-order valence-corrected chi connectivity index (χ0v) is 16.5. The average molecular weight is 382 g/mol. The zero-order valence-electron chi connectivity index (χ0n) is 15.7. The number of nitrogens with one attached hydrogen (secondary N) is 1. The lowest BCUT2D eigenvalue weighted by Gasteiger charge is -2.13. The van der Waals surface area contributed by atoms with E-state index < -0.39 is 0 Å². The quantitative estimate of drug-likeness (QED) is 0.635. The van der Waals surface area contributed by atoms with Crippen LogP contribution in [0.4, 0.5) is 0 Å². The van der Waals surface area contributed by atoms with Gasteiger partial charge >= 0.3 is 0 Å². The molecule has 27 heavy (non-hydrogen) atoms. The highest BCUT2D eigenvalue weighted by atomic mass is 32.2. The predicted molar refractivity (Wildman–Crippen MR) is 107 cm³/mol. The Kier molecular flexibility index (Phi) is 6.24. The molecule has 3 rings (SSSR count). The van der Waals surface area contributed by atoms with Crippen LogP contribution < -0.4 is 5.32 Å². The van der Waals surface area contributed by atoms with Crippen molar-refractivity contribution in [3.63, 3.8) is 0 Å². The highest BCUT2D eigenvalue weighted by Gasteiger charge is 2.20. The van der Waals surface area contributed by atoms with Gasteiger partial charge in [-0.3, -0.25) is 9.78 Å². The topological polar surface area (TPSA) is 72.7 Å². The van der Waals surface area contributed by atoms with E-state index in [2.05, 4.69) is 20.5 Å². The maximum Gasteiger partial charge on any atom is 0.233 e. The summed E-state index contributed by atoms with van der Waals surface area (Å²) in [7, 11) is 0. The number of aryl methyl sites for hydroxylation is 1. The van der Waals surface area contributed by atoms with E-state index in [9.17, 15) is 4.79 Å². The van der Waals surface area contributed by atoms with Crippen molar-refractivity contribution in [2.24, 2.45) is 0 Å². The number of aromatic nitrogens is 4. The minimum Gasteiger partial charge on any atom is -0.351 e. The molecule has 3 aromatic rings. The summed E-state index contributed by atoms with van der Waals surface area (Å²) in [5.74, 6) is 0.770. The van der Waals surface area contributed by atoms with Crippen molar-refractivity contribution in [3.8, 4) is 11.4 Å². The molecule has 1 atom stereocenters. The van der Waals surface area contributed by atoms with Gasteiger partial charge in [-0.1, -0.05) is 41.6 Å². The summed E-state index contributed by atoms with van der Waals surface area (Å²) in [5, 5.41) is 12.1. The first-order valence-electron chi connectivity index (χ1n) is 8.92. The predicted octanol–water partition coefficient (Wildman–Crippen LogP) is 3.47. The number of pyridine rings is 1. The molecular weight excluding hydrogens is 358 g/mol. The number of amides is 1. The smallest absolute Gasteiger partial charge is 0.233 e. The van der Waals surface area contributed by atoms with Gasteiger partial charge in [-0.05, 0) is 38.5 Å². The highest BCUT2D eigenvalue weighted by molar-refractivity contribution is 8.00. The molecule has 1 unspecified atom stereocenters. The Morgan fingerprint density at radius 2 is 1.85 bits per heavy atom. The van der Waals surface area contributed by atoms with Gasteiger partial charge in [-0.25, -0.2) is 0 Å². The summed E-state index contributed by atoms with van der Waals surface area (Å²) in [6, 6.07) is 12.0. The van der Waals surface area contributed by atoms with Crippen molar-refractivity contribution in [2.45, 2.75) is 44.3 Å². The molecular formula is C20H23N5OS. The van der Waals surface area contributed by atoms with Crippen molar-refractivity contribution >= 4 is 17.7 Å². The standard InChI is InChI=1S/C20H23N5OS/c1-4-25-18(17-9-11-21-12-10-17)23-24-20(25)27-15(3)19(26)22-13-16-7-5-14(2)6-8-16/h5-12,15H,4,13H2,1-3H3,(H,22,26). The second kappa shape index (κ2) is 8.81. The molecule has 2 aromatic heterocycles. The lowest BCUT2D eigenvalue weighted by atomic mass is 10.1. The molecule has 0 aliphatic rings. The molecule has 2 heterocycles.